The van der Waals surface area contributed by atoms with E-state index in [0.717, 1.165) is 18.4 Å². The van der Waals surface area contributed by atoms with Gasteiger partial charge in [-0.25, -0.2) is 0 Å². The molecule has 0 N–H and O–H groups in total. The summed E-state index contributed by atoms with van der Waals surface area (Å²) in [5.74, 6) is -0.254. The van der Waals surface area contributed by atoms with Crippen LogP contribution in [0.4, 0.5) is 0 Å². The van der Waals surface area contributed by atoms with Gasteiger partial charge in [0.1, 0.15) is 11.6 Å². The minimum absolute atomic E-state index is 0.0376. The lowest BCUT2D eigenvalue weighted by Crippen LogP contribution is -2.31. The van der Waals surface area contributed by atoms with Crippen molar-refractivity contribution in [3.8, 4) is 0 Å². The lowest BCUT2D eigenvalue weighted by atomic mass is 9.75. The summed E-state index contributed by atoms with van der Waals surface area (Å²) in [6.45, 7) is 6.03. The lowest BCUT2D eigenvalue weighted by molar-refractivity contribution is -0.134. The molecule has 2 nitrogen and oxygen atoms in total. The monoisotopic (exact) mass is 350 g/mol. The summed E-state index contributed by atoms with van der Waals surface area (Å²) < 4.78 is 0. The van der Waals surface area contributed by atoms with Crippen molar-refractivity contribution in [3.63, 3.8) is 0 Å². The summed E-state index contributed by atoms with van der Waals surface area (Å²) >= 11 is 0. The number of hydrogen-bond acceptors (Lipinski definition) is 2. The van der Waals surface area contributed by atoms with Crippen molar-refractivity contribution in [2.45, 2.75) is 58.3 Å². The van der Waals surface area contributed by atoms with E-state index in [4.69, 9.17) is 0 Å². The van der Waals surface area contributed by atoms with E-state index in [1.165, 1.54) is 5.56 Å². The summed E-state index contributed by atoms with van der Waals surface area (Å²) in [5, 5.41) is 0. The maximum atomic E-state index is 13.2. The Bertz CT molecular complexity index is 691. The van der Waals surface area contributed by atoms with E-state index < -0.39 is 5.92 Å². The van der Waals surface area contributed by atoms with Gasteiger partial charge in [-0.1, -0.05) is 81.4 Å². The molecule has 0 spiro atoms. The van der Waals surface area contributed by atoms with Gasteiger partial charge in [-0.3, -0.25) is 9.59 Å². The minimum Gasteiger partial charge on any atom is -0.299 e. The highest BCUT2D eigenvalue weighted by Gasteiger charge is 2.34. The van der Waals surface area contributed by atoms with Crippen molar-refractivity contribution < 1.29 is 9.59 Å². The second-order valence-electron chi connectivity index (χ2n) is 6.91. The van der Waals surface area contributed by atoms with E-state index in [2.05, 4.69) is 26.0 Å². The van der Waals surface area contributed by atoms with Gasteiger partial charge in [-0.05, 0) is 29.9 Å². The Labute approximate surface area is 157 Å². The van der Waals surface area contributed by atoms with Crippen LogP contribution in [0.2, 0.25) is 0 Å². The first-order chi connectivity index (χ1) is 12.6. The topological polar surface area (TPSA) is 34.1 Å². The van der Waals surface area contributed by atoms with Gasteiger partial charge in [0.05, 0.1) is 5.92 Å². The lowest BCUT2D eigenvalue weighted by Gasteiger charge is -2.26. The van der Waals surface area contributed by atoms with Crippen molar-refractivity contribution in [1.82, 2.24) is 0 Å². The normalized spacial score (nSPS) is 14.4. The van der Waals surface area contributed by atoms with E-state index >= 15 is 0 Å². The molecule has 0 amide bonds. The number of carbonyl (C=O) groups is 2. The van der Waals surface area contributed by atoms with Gasteiger partial charge < -0.3 is 0 Å². The SMILES string of the molecule is CCC(=O)C(C(=O)CC(CC)c1ccccc1)C(CC)c1ccccc1. The molecule has 0 aliphatic rings. The molecule has 0 bridgehead atoms. The predicted molar refractivity (Wildman–Crippen MR) is 107 cm³/mol. The summed E-state index contributed by atoms with van der Waals surface area (Å²) in [7, 11) is 0. The van der Waals surface area contributed by atoms with Crippen molar-refractivity contribution in [1.29, 1.82) is 0 Å². The van der Waals surface area contributed by atoms with Crippen LogP contribution in [0, 0.1) is 5.92 Å². The molecular weight excluding hydrogens is 320 g/mol. The highest BCUT2D eigenvalue weighted by Crippen LogP contribution is 2.34. The quantitative estimate of drug-likeness (QED) is 0.498. The van der Waals surface area contributed by atoms with Crippen LogP contribution in [0.1, 0.15) is 69.4 Å². The van der Waals surface area contributed by atoms with Crippen LogP contribution < -0.4 is 0 Å². The smallest absolute Gasteiger partial charge is 0.144 e. The molecule has 138 valence electrons. The molecule has 3 unspecified atom stereocenters. The van der Waals surface area contributed by atoms with E-state index in [1.54, 1.807) is 0 Å². The molecule has 3 atom stereocenters. The Balaban J connectivity index is 2.28. The highest BCUT2D eigenvalue weighted by atomic mass is 16.1. The average molecular weight is 351 g/mol. The molecule has 0 saturated heterocycles. The second kappa shape index (κ2) is 10.1. The minimum atomic E-state index is -0.537. The van der Waals surface area contributed by atoms with Crippen LogP contribution in [0.3, 0.4) is 0 Å². The number of benzene rings is 2. The molecular formula is C24H30O2. The maximum absolute atomic E-state index is 13.2. The number of ketones is 2. The molecule has 2 aromatic rings. The Morgan fingerprint density at radius 3 is 1.73 bits per heavy atom. The molecule has 0 aliphatic heterocycles. The Morgan fingerprint density at radius 1 is 0.731 bits per heavy atom. The van der Waals surface area contributed by atoms with Gasteiger partial charge in [-0.15, -0.1) is 0 Å². The van der Waals surface area contributed by atoms with Crippen LogP contribution in [-0.2, 0) is 9.59 Å². The molecule has 0 fully saturated rings. The molecule has 0 saturated carbocycles. The third kappa shape index (κ3) is 4.91. The van der Waals surface area contributed by atoms with Crippen molar-refractivity contribution in [2.75, 3.05) is 0 Å². The summed E-state index contributed by atoms with van der Waals surface area (Å²) in [5.41, 5.74) is 2.27. The van der Waals surface area contributed by atoms with Gasteiger partial charge in [0.25, 0.3) is 0 Å². The molecule has 26 heavy (non-hydrogen) atoms. The first-order valence-electron chi connectivity index (χ1n) is 9.77. The standard InChI is InChI=1S/C24H30O2/c1-4-18(19-13-9-7-10-14-19)17-23(26)24(22(25)6-3)21(5-2)20-15-11-8-12-16-20/h7-16,18,21,24H,4-6,17H2,1-3H3. The number of rotatable bonds is 10. The summed E-state index contributed by atoms with van der Waals surface area (Å²) in [6.07, 6.45) is 2.52. The Kier molecular flexibility index (Phi) is 7.77. The summed E-state index contributed by atoms with van der Waals surface area (Å²) in [6, 6.07) is 20.2. The fraction of sp³-hybridized carbons (Fsp3) is 0.417. The second-order valence-corrected chi connectivity index (χ2v) is 6.91. The molecule has 2 aromatic carbocycles. The zero-order valence-electron chi connectivity index (χ0n) is 16.2. The van der Waals surface area contributed by atoms with E-state index in [9.17, 15) is 9.59 Å². The van der Waals surface area contributed by atoms with E-state index in [1.807, 2.05) is 55.5 Å². The Hall–Kier alpha value is -2.22. The van der Waals surface area contributed by atoms with Crippen LogP contribution in [0.5, 0.6) is 0 Å². The van der Waals surface area contributed by atoms with E-state index in [0.29, 0.717) is 12.8 Å². The van der Waals surface area contributed by atoms with Crippen LogP contribution >= 0.6 is 0 Å². The zero-order chi connectivity index (χ0) is 18.9. The van der Waals surface area contributed by atoms with Crippen molar-refractivity contribution >= 4 is 11.6 Å². The van der Waals surface area contributed by atoms with Gasteiger partial charge >= 0.3 is 0 Å². The first kappa shape index (κ1) is 20.1. The van der Waals surface area contributed by atoms with Crippen LogP contribution in [0.15, 0.2) is 60.7 Å². The fourth-order valence-electron chi connectivity index (χ4n) is 3.81. The zero-order valence-corrected chi connectivity index (χ0v) is 16.2. The highest BCUT2D eigenvalue weighted by molar-refractivity contribution is 6.03. The molecule has 0 aromatic heterocycles. The number of Topliss-reactive ketones (excluding diaryl/α,β-unsaturated/α-hetero) is 2. The van der Waals surface area contributed by atoms with Gasteiger partial charge in [-0.2, -0.15) is 0 Å². The van der Waals surface area contributed by atoms with E-state index in [-0.39, 0.29) is 23.4 Å². The van der Waals surface area contributed by atoms with Crippen LogP contribution in [0.25, 0.3) is 0 Å². The van der Waals surface area contributed by atoms with Crippen molar-refractivity contribution in [3.05, 3.63) is 71.8 Å². The van der Waals surface area contributed by atoms with Crippen LogP contribution in [-0.4, -0.2) is 11.6 Å². The summed E-state index contributed by atoms with van der Waals surface area (Å²) in [4.78, 5) is 26.0. The first-order valence-corrected chi connectivity index (χ1v) is 9.77. The third-order valence-corrected chi connectivity index (χ3v) is 5.32. The van der Waals surface area contributed by atoms with Gasteiger partial charge in [0.2, 0.25) is 0 Å². The maximum Gasteiger partial charge on any atom is 0.144 e. The Morgan fingerprint density at radius 2 is 1.27 bits per heavy atom. The molecule has 0 radical (unpaired) electrons. The van der Waals surface area contributed by atoms with Gasteiger partial charge in [0.15, 0.2) is 0 Å². The molecule has 0 aliphatic carbocycles. The largest absolute Gasteiger partial charge is 0.299 e. The fourth-order valence-corrected chi connectivity index (χ4v) is 3.81. The van der Waals surface area contributed by atoms with Crippen molar-refractivity contribution in [2.24, 2.45) is 5.92 Å². The average Bonchev–Trinajstić information content (AvgIpc) is 2.70. The molecule has 2 rings (SSSR count). The predicted octanol–water partition coefficient (Wildman–Crippen LogP) is 5.93. The third-order valence-electron chi connectivity index (χ3n) is 5.32. The molecule has 0 heterocycles. The number of carbonyl (C=O) groups excluding carboxylic acids is 2. The van der Waals surface area contributed by atoms with Gasteiger partial charge in [0, 0.05) is 18.8 Å². The number of hydrogen-bond donors (Lipinski definition) is 0. The molecule has 2 heteroatoms.